The molecule has 0 aliphatic rings. The number of hydrogen-bond donors (Lipinski definition) is 2. The summed E-state index contributed by atoms with van der Waals surface area (Å²) in [7, 11) is 0. The molecule has 0 aromatic heterocycles. The number of Topliss-reactive ketones (excluding diaryl/α,β-unsaturated/α-hetero) is 1. The first-order valence-electron chi connectivity index (χ1n) is 18.5. The number of ether oxygens (including phenoxy) is 1. The number of unbranched alkanes of at least 4 members (excludes halogenated alkanes) is 19. The van der Waals surface area contributed by atoms with Gasteiger partial charge >= 0.3 is 5.97 Å². The van der Waals surface area contributed by atoms with Crippen LogP contribution in [0.1, 0.15) is 181 Å². The van der Waals surface area contributed by atoms with Gasteiger partial charge in [-0.3, -0.25) is 9.59 Å². The number of aliphatic hydroxyl groups is 2. The topological polar surface area (TPSA) is 83.8 Å². The highest BCUT2D eigenvalue weighted by Crippen LogP contribution is 2.14. The normalized spacial score (nSPS) is 13.4. The quantitative estimate of drug-likeness (QED) is 0.0434. The van der Waals surface area contributed by atoms with Crippen molar-refractivity contribution in [2.45, 2.75) is 193 Å². The highest BCUT2D eigenvalue weighted by atomic mass is 16.6. The molecule has 0 rings (SSSR count). The van der Waals surface area contributed by atoms with E-state index in [1.807, 2.05) is 0 Å². The van der Waals surface area contributed by atoms with Crippen molar-refractivity contribution >= 4 is 11.8 Å². The number of carbonyl (C=O) groups is 2. The minimum Gasteiger partial charge on any atom is -0.457 e. The highest BCUT2D eigenvalue weighted by Gasteiger charge is 2.28. The maximum Gasteiger partial charge on any atom is 0.306 e. The highest BCUT2D eigenvalue weighted by molar-refractivity contribution is 5.83. The molecule has 0 amide bonds. The van der Waals surface area contributed by atoms with Crippen molar-refractivity contribution in [2.75, 3.05) is 6.61 Å². The lowest BCUT2D eigenvalue weighted by atomic mass is 10.0. The summed E-state index contributed by atoms with van der Waals surface area (Å²) in [5, 5.41) is 19.9. The molecule has 0 aromatic rings. The lowest BCUT2D eigenvalue weighted by molar-refractivity contribution is -0.161. The number of ketones is 1. The Hall–Kier alpha value is -1.72. The average molecular weight is 619 g/mol. The van der Waals surface area contributed by atoms with Gasteiger partial charge in [0.05, 0.1) is 6.61 Å². The van der Waals surface area contributed by atoms with E-state index in [-0.39, 0.29) is 18.6 Å². The summed E-state index contributed by atoms with van der Waals surface area (Å²) in [5.74, 6) is -0.811. The van der Waals surface area contributed by atoms with Crippen molar-refractivity contribution in [1.29, 1.82) is 0 Å². The standard InChI is InChI=1S/C39H70O5/c1-3-5-7-9-11-13-15-17-19-21-23-25-27-29-31-33-36(41)39(43)37(35-40)44-38(42)34-32-30-28-26-24-22-20-18-16-14-12-10-8-6-4-2/h12,14,17-20,37,39-40,43H,3-11,13,15-16,21-35H2,1-2H3/b14-12-,19-17-,20-18-. The van der Waals surface area contributed by atoms with E-state index in [0.29, 0.717) is 12.8 Å². The lowest BCUT2D eigenvalue weighted by Crippen LogP contribution is -2.40. The fourth-order valence-corrected chi connectivity index (χ4v) is 5.24. The van der Waals surface area contributed by atoms with Crippen molar-refractivity contribution in [3.63, 3.8) is 0 Å². The lowest BCUT2D eigenvalue weighted by Gasteiger charge is -2.20. The smallest absolute Gasteiger partial charge is 0.306 e. The molecular formula is C39H70O5. The number of carbonyl (C=O) groups excluding carboxylic acids is 2. The predicted octanol–water partition coefficient (Wildman–Crippen LogP) is 10.7. The molecule has 0 aliphatic carbocycles. The van der Waals surface area contributed by atoms with Crippen LogP contribution in [0.25, 0.3) is 0 Å². The van der Waals surface area contributed by atoms with Crippen molar-refractivity contribution in [1.82, 2.24) is 0 Å². The third kappa shape index (κ3) is 29.0. The van der Waals surface area contributed by atoms with E-state index in [4.69, 9.17) is 4.74 Å². The van der Waals surface area contributed by atoms with Gasteiger partial charge in [-0.05, 0) is 70.6 Å². The third-order valence-corrected chi connectivity index (χ3v) is 8.16. The van der Waals surface area contributed by atoms with Crippen molar-refractivity contribution in [2.24, 2.45) is 0 Å². The van der Waals surface area contributed by atoms with Crippen LogP contribution in [0.2, 0.25) is 0 Å². The molecule has 2 unspecified atom stereocenters. The monoisotopic (exact) mass is 619 g/mol. The largest absolute Gasteiger partial charge is 0.457 e. The van der Waals surface area contributed by atoms with Crippen molar-refractivity contribution in [3.05, 3.63) is 36.5 Å². The van der Waals surface area contributed by atoms with E-state index in [1.54, 1.807) is 0 Å². The Morgan fingerprint density at radius 2 is 0.932 bits per heavy atom. The summed E-state index contributed by atoms with van der Waals surface area (Å²) in [4.78, 5) is 24.6. The maximum atomic E-state index is 12.4. The van der Waals surface area contributed by atoms with Crippen LogP contribution >= 0.6 is 0 Å². The molecule has 0 aromatic carbocycles. The molecule has 44 heavy (non-hydrogen) atoms. The zero-order valence-electron chi connectivity index (χ0n) is 28.8. The van der Waals surface area contributed by atoms with Gasteiger partial charge in [0.25, 0.3) is 0 Å². The van der Waals surface area contributed by atoms with Crippen LogP contribution in [0.3, 0.4) is 0 Å². The molecule has 2 atom stereocenters. The van der Waals surface area contributed by atoms with Gasteiger partial charge in [-0.1, -0.05) is 134 Å². The van der Waals surface area contributed by atoms with Gasteiger partial charge in [-0.2, -0.15) is 0 Å². The molecule has 0 bridgehead atoms. The second kappa shape index (κ2) is 34.2. The van der Waals surface area contributed by atoms with Crippen LogP contribution in [0.15, 0.2) is 36.5 Å². The number of aliphatic hydroxyl groups excluding tert-OH is 2. The van der Waals surface area contributed by atoms with E-state index in [0.717, 1.165) is 64.2 Å². The number of allylic oxidation sites excluding steroid dienone is 6. The van der Waals surface area contributed by atoms with E-state index in [1.165, 1.54) is 77.0 Å². The summed E-state index contributed by atoms with van der Waals surface area (Å²) in [6.07, 6.45) is 39.1. The fourth-order valence-electron chi connectivity index (χ4n) is 5.24. The molecule has 0 saturated carbocycles. The zero-order chi connectivity index (χ0) is 32.4. The molecule has 2 N–H and O–H groups in total. The third-order valence-electron chi connectivity index (χ3n) is 8.16. The minimum absolute atomic E-state index is 0.246. The molecular weight excluding hydrogens is 548 g/mol. The minimum atomic E-state index is -1.45. The SMILES string of the molecule is CCCCC/C=C\C/C=C\CCCCCCCC(=O)OC(CO)C(O)C(=O)CCCCCCC/C=C\CCCCCCCC. The maximum absolute atomic E-state index is 12.4. The number of hydrogen-bond acceptors (Lipinski definition) is 5. The first-order valence-corrected chi connectivity index (χ1v) is 18.5. The van der Waals surface area contributed by atoms with Crippen molar-refractivity contribution < 1.29 is 24.5 Å². The van der Waals surface area contributed by atoms with Crippen LogP contribution in [0.4, 0.5) is 0 Å². The van der Waals surface area contributed by atoms with E-state index >= 15 is 0 Å². The first kappa shape index (κ1) is 42.3. The summed E-state index contributed by atoms with van der Waals surface area (Å²) in [6.45, 7) is 3.93. The number of rotatable bonds is 33. The van der Waals surface area contributed by atoms with E-state index in [2.05, 4.69) is 50.3 Å². The van der Waals surface area contributed by atoms with Gasteiger partial charge in [0.15, 0.2) is 18.0 Å². The second-order valence-electron chi connectivity index (χ2n) is 12.4. The van der Waals surface area contributed by atoms with Crippen LogP contribution in [0, 0.1) is 0 Å². The Labute approximate surface area is 272 Å². The molecule has 5 nitrogen and oxygen atoms in total. The number of esters is 1. The Morgan fingerprint density at radius 3 is 1.43 bits per heavy atom. The summed E-state index contributed by atoms with van der Waals surface area (Å²) >= 11 is 0. The van der Waals surface area contributed by atoms with Gasteiger partial charge in [0.2, 0.25) is 0 Å². The van der Waals surface area contributed by atoms with E-state index < -0.39 is 24.8 Å². The second-order valence-corrected chi connectivity index (χ2v) is 12.4. The van der Waals surface area contributed by atoms with E-state index in [9.17, 15) is 19.8 Å². The summed E-state index contributed by atoms with van der Waals surface area (Å²) in [5.41, 5.74) is 0. The van der Waals surface area contributed by atoms with Crippen LogP contribution in [-0.4, -0.2) is 40.8 Å². The molecule has 0 radical (unpaired) electrons. The molecule has 0 saturated heterocycles. The Bertz CT molecular complexity index is 726. The van der Waals surface area contributed by atoms with Crippen molar-refractivity contribution in [3.8, 4) is 0 Å². The fraction of sp³-hybridized carbons (Fsp3) is 0.795. The Morgan fingerprint density at radius 1 is 0.545 bits per heavy atom. The van der Waals surface area contributed by atoms with Crippen LogP contribution in [0.5, 0.6) is 0 Å². The van der Waals surface area contributed by atoms with Gasteiger partial charge in [-0.15, -0.1) is 0 Å². The molecule has 0 fully saturated rings. The van der Waals surface area contributed by atoms with Gasteiger partial charge in [0, 0.05) is 12.8 Å². The summed E-state index contributed by atoms with van der Waals surface area (Å²) in [6, 6.07) is 0. The first-order chi connectivity index (χ1) is 21.6. The molecule has 0 aliphatic heterocycles. The molecule has 0 heterocycles. The Balaban J connectivity index is 3.76. The molecule has 0 spiro atoms. The van der Waals surface area contributed by atoms with Crippen LogP contribution < -0.4 is 0 Å². The van der Waals surface area contributed by atoms with Gasteiger partial charge in [0.1, 0.15) is 0 Å². The van der Waals surface area contributed by atoms with Gasteiger partial charge < -0.3 is 14.9 Å². The Kier molecular flexibility index (Phi) is 32.8. The van der Waals surface area contributed by atoms with Crippen LogP contribution in [-0.2, 0) is 14.3 Å². The molecule has 256 valence electrons. The average Bonchev–Trinajstić information content (AvgIpc) is 3.03. The predicted molar refractivity (Wildman–Crippen MR) is 187 cm³/mol. The molecule has 5 heteroatoms. The van der Waals surface area contributed by atoms with Gasteiger partial charge in [-0.25, -0.2) is 0 Å². The summed E-state index contributed by atoms with van der Waals surface area (Å²) < 4.78 is 5.25. The zero-order valence-corrected chi connectivity index (χ0v) is 28.8.